The van der Waals surface area contributed by atoms with Gasteiger partial charge in [0.15, 0.2) is 17.7 Å². The van der Waals surface area contributed by atoms with Crippen molar-refractivity contribution in [2.75, 3.05) is 6.61 Å². The van der Waals surface area contributed by atoms with Gasteiger partial charge in [-0.05, 0) is 48.7 Å². The number of nitrogens with zero attached hydrogens (tertiary/aromatic N) is 1. The van der Waals surface area contributed by atoms with Gasteiger partial charge in [0.05, 0.1) is 12.2 Å². The number of hydrogen-bond acceptors (Lipinski definition) is 4. The zero-order valence-electron chi connectivity index (χ0n) is 17.1. The molecule has 0 saturated heterocycles. The highest BCUT2D eigenvalue weighted by molar-refractivity contribution is 5.90. The Labute approximate surface area is 172 Å². The Hall–Kier alpha value is -2.87. The molecule has 4 nitrogen and oxygen atoms in total. The van der Waals surface area contributed by atoms with E-state index < -0.39 is 17.9 Å². The molecule has 5 heteroatoms. The Morgan fingerprint density at radius 3 is 2.34 bits per heavy atom. The second-order valence-corrected chi connectivity index (χ2v) is 7.02. The van der Waals surface area contributed by atoms with E-state index in [1.165, 1.54) is 38.7 Å². The Kier molecular flexibility index (Phi) is 9.17. The molecule has 0 spiro atoms. The van der Waals surface area contributed by atoms with Gasteiger partial charge in [-0.3, -0.25) is 0 Å². The van der Waals surface area contributed by atoms with E-state index in [2.05, 4.69) is 6.92 Å². The third-order valence-electron chi connectivity index (χ3n) is 4.61. The highest BCUT2D eigenvalue weighted by atomic mass is 19.1. The fourth-order valence-corrected chi connectivity index (χ4v) is 2.92. The summed E-state index contributed by atoms with van der Waals surface area (Å²) < 4.78 is 24.9. The number of benzene rings is 2. The van der Waals surface area contributed by atoms with E-state index >= 15 is 0 Å². The largest absolute Gasteiger partial charge is 0.491 e. The first kappa shape index (κ1) is 22.4. The molecule has 0 aliphatic rings. The molecule has 0 aromatic heterocycles. The number of hydrogen-bond donors (Lipinski definition) is 0. The van der Waals surface area contributed by atoms with Crippen LogP contribution in [0.3, 0.4) is 0 Å². The van der Waals surface area contributed by atoms with Crippen LogP contribution in [0.5, 0.6) is 5.75 Å². The van der Waals surface area contributed by atoms with Crippen molar-refractivity contribution < 1.29 is 18.7 Å². The first-order valence-corrected chi connectivity index (χ1v) is 10.2. The van der Waals surface area contributed by atoms with Crippen LogP contribution in [0.2, 0.25) is 0 Å². The molecule has 0 unspecified atom stereocenters. The minimum atomic E-state index is -0.805. The third-order valence-corrected chi connectivity index (χ3v) is 4.61. The molecular formula is C24H28FNO3. The lowest BCUT2D eigenvalue weighted by Crippen LogP contribution is -2.12. The van der Waals surface area contributed by atoms with Crippen LogP contribution in [0, 0.1) is 17.1 Å². The number of carbonyl (C=O) groups is 1. The van der Waals surface area contributed by atoms with Gasteiger partial charge in [-0.1, -0.05) is 57.2 Å². The summed E-state index contributed by atoms with van der Waals surface area (Å²) in [5, 5.41) is 8.71. The maximum absolute atomic E-state index is 14.4. The van der Waals surface area contributed by atoms with E-state index in [1.54, 1.807) is 36.4 Å². The van der Waals surface area contributed by atoms with Crippen LogP contribution >= 0.6 is 0 Å². The summed E-state index contributed by atoms with van der Waals surface area (Å²) in [6, 6.07) is 13.4. The SMILES string of the molecule is CCCCCCCCOc1ccc(-c2ccc(C(=O)O[C@H](C)C#N)cc2)cc1F. The van der Waals surface area contributed by atoms with Crippen LogP contribution in [-0.2, 0) is 4.74 Å². The molecule has 2 aromatic rings. The van der Waals surface area contributed by atoms with E-state index in [0.717, 1.165) is 18.4 Å². The van der Waals surface area contributed by atoms with E-state index in [9.17, 15) is 9.18 Å². The van der Waals surface area contributed by atoms with E-state index in [-0.39, 0.29) is 5.75 Å². The number of unbranched alkanes of at least 4 members (excludes halogenated alkanes) is 5. The fourth-order valence-electron chi connectivity index (χ4n) is 2.92. The summed E-state index contributed by atoms with van der Waals surface area (Å²) >= 11 is 0. The van der Waals surface area contributed by atoms with E-state index in [1.807, 2.05) is 6.07 Å². The van der Waals surface area contributed by atoms with Crippen molar-refractivity contribution in [3.05, 3.63) is 53.8 Å². The zero-order chi connectivity index (χ0) is 21.1. The van der Waals surface area contributed by atoms with Gasteiger partial charge in [0.2, 0.25) is 0 Å². The molecule has 0 bridgehead atoms. The first-order chi connectivity index (χ1) is 14.0. The van der Waals surface area contributed by atoms with Crippen LogP contribution in [-0.4, -0.2) is 18.7 Å². The molecule has 0 amide bonds. The van der Waals surface area contributed by atoms with E-state index in [4.69, 9.17) is 14.7 Å². The Morgan fingerprint density at radius 1 is 1.03 bits per heavy atom. The van der Waals surface area contributed by atoms with E-state index in [0.29, 0.717) is 17.7 Å². The predicted octanol–water partition coefficient (Wildman–Crippen LogP) is 6.30. The number of ether oxygens (including phenoxy) is 2. The van der Waals surface area contributed by atoms with Gasteiger partial charge < -0.3 is 9.47 Å². The maximum atomic E-state index is 14.4. The Morgan fingerprint density at radius 2 is 1.69 bits per heavy atom. The maximum Gasteiger partial charge on any atom is 0.339 e. The molecule has 0 aliphatic heterocycles. The zero-order valence-corrected chi connectivity index (χ0v) is 17.1. The van der Waals surface area contributed by atoms with Crippen LogP contribution in [0.1, 0.15) is 62.7 Å². The summed E-state index contributed by atoms with van der Waals surface area (Å²) in [6.45, 7) is 4.21. The number of nitriles is 1. The van der Waals surface area contributed by atoms with Crippen LogP contribution in [0.15, 0.2) is 42.5 Å². The average molecular weight is 397 g/mol. The van der Waals surface area contributed by atoms with Crippen molar-refractivity contribution in [1.82, 2.24) is 0 Å². The molecule has 154 valence electrons. The Bertz CT molecular complexity index is 827. The van der Waals surface area contributed by atoms with Gasteiger partial charge in [0.25, 0.3) is 0 Å². The average Bonchev–Trinajstić information content (AvgIpc) is 2.74. The number of carbonyl (C=O) groups excluding carboxylic acids is 1. The predicted molar refractivity (Wildman–Crippen MR) is 111 cm³/mol. The second kappa shape index (κ2) is 11.9. The third kappa shape index (κ3) is 7.23. The van der Waals surface area contributed by atoms with Gasteiger partial charge in [-0.15, -0.1) is 0 Å². The topological polar surface area (TPSA) is 59.3 Å². The molecule has 0 fully saturated rings. The number of rotatable bonds is 11. The highest BCUT2D eigenvalue weighted by Gasteiger charge is 2.12. The minimum absolute atomic E-state index is 0.257. The van der Waals surface area contributed by atoms with Crippen LogP contribution < -0.4 is 4.74 Å². The molecular weight excluding hydrogens is 369 g/mol. The van der Waals surface area contributed by atoms with Crippen molar-refractivity contribution in [2.24, 2.45) is 0 Å². The lowest BCUT2D eigenvalue weighted by Gasteiger charge is -2.10. The second-order valence-electron chi connectivity index (χ2n) is 7.02. The van der Waals surface area contributed by atoms with Crippen LogP contribution in [0.25, 0.3) is 11.1 Å². The quantitative estimate of drug-likeness (QED) is 0.330. The lowest BCUT2D eigenvalue weighted by molar-refractivity contribution is 0.0435. The fraction of sp³-hybridized carbons (Fsp3) is 0.417. The van der Waals surface area contributed by atoms with Crippen molar-refractivity contribution in [2.45, 2.75) is 58.5 Å². The summed E-state index contributed by atoms with van der Waals surface area (Å²) in [5.41, 5.74) is 1.81. The summed E-state index contributed by atoms with van der Waals surface area (Å²) in [6.07, 6.45) is 6.14. The van der Waals surface area contributed by atoms with Crippen molar-refractivity contribution in [3.8, 4) is 22.9 Å². The molecule has 0 saturated carbocycles. The summed E-state index contributed by atoms with van der Waals surface area (Å²) in [4.78, 5) is 11.9. The molecule has 2 aromatic carbocycles. The van der Waals surface area contributed by atoms with Crippen molar-refractivity contribution in [1.29, 1.82) is 5.26 Å². The van der Waals surface area contributed by atoms with Crippen molar-refractivity contribution in [3.63, 3.8) is 0 Å². The summed E-state index contributed by atoms with van der Waals surface area (Å²) in [7, 11) is 0. The van der Waals surface area contributed by atoms with Crippen LogP contribution in [0.4, 0.5) is 4.39 Å². The lowest BCUT2D eigenvalue weighted by atomic mass is 10.0. The molecule has 0 N–H and O–H groups in total. The molecule has 29 heavy (non-hydrogen) atoms. The molecule has 0 aliphatic carbocycles. The molecule has 0 radical (unpaired) electrons. The van der Waals surface area contributed by atoms with Gasteiger partial charge in [0.1, 0.15) is 6.07 Å². The van der Waals surface area contributed by atoms with Gasteiger partial charge in [-0.2, -0.15) is 5.26 Å². The van der Waals surface area contributed by atoms with Crippen molar-refractivity contribution >= 4 is 5.97 Å². The summed E-state index contributed by atoms with van der Waals surface area (Å²) in [5.74, 6) is -0.706. The molecule has 1 atom stereocenters. The highest BCUT2D eigenvalue weighted by Crippen LogP contribution is 2.26. The van der Waals surface area contributed by atoms with Gasteiger partial charge >= 0.3 is 5.97 Å². The molecule has 0 heterocycles. The Balaban J connectivity index is 1.91. The standard InChI is InChI=1S/C24H28FNO3/c1-3-4-5-6-7-8-15-28-23-14-13-21(16-22(23)25)19-9-11-20(12-10-19)24(27)29-18(2)17-26/h9-14,16,18H,3-8,15H2,1-2H3/t18-/m1/s1. The monoisotopic (exact) mass is 397 g/mol. The normalized spacial score (nSPS) is 11.5. The number of esters is 1. The molecule has 2 rings (SSSR count). The number of halogens is 1. The van der Waals surface area contributed by atoms with Gasteiger partial charge in [0, 0.05) is 0 Å². The smallest absolute Gasteiger partial charge is 0.339 e. The van der Waals surface area contributed by atoms with Gasteiger partial charge in [-0.25, -0.2) is 9.18 Å². The minimum Gasteiger partial charge on any atom is -0.491 e. The first-order valence-electron chi connectivity index (χ1n) is 10.2.